The Balaban J connectivity index is 2.23. The SMILES string of the molecule is CC(C)(C)NC(=O)CSC(=S)N1CCCC1. The number of rotatable bonds is 2. The molecule has 0 aromatic rings. The van der Waals surface area contributed by atoms with Gasteiger partial charge >= 0.3 is 0 Å². The van der Waals surface area contributed by atoms with Crippen LogP contribution in [0.5, 0.6) is 0 Å². The van der Waals surface area contributed by atoms with Crippen molar-refractivity contribution < 1.29 is 4.79 Å². The molecule has 1 saturated heterocycles. The number of carbonyl (C=O) groups excluding carboxylic acids is 1. The lowest BCUT2D eigenvalue weighted by Gasteiger charge is -2.21. The third kappa shape index (κ3) is 5.16. The lowest BCUT2D eigenvalue weighted by molar-refractivity contribution is -0.119. The van der Waals surface area contributed by atoms with Gasteiger partial charge in [0, 0.05) is 18.6 Å². The molecule has 1 heterocycles. The van der Waals surface area contributed by atoms with Crippen LogP contribution in [0.15, 0.2) is 0 Å². The van der Waals surface area contributed by atoms with Crippen molar-refractivity contribution in [3.8, 4) is 0 Å². The van der Waals surface area contributed by atoms with Crippen LogP contribution in [0.3, 0.4) is 0 Å². The number of nitrogens with one attached hydrogen (secondary N) is 1. The summed E-state index contributed by atoms with van der Waals surface area (Å²) in [5.74, 6) is 0.478. The summed E-state index contributed by atoms with van der Waals surface area (Å²) in [4.78, 5) is 13.8. The van der Waals surface area contributed by atoms with Crippen LogP contribution in [-0.4, -0.2) is 39.5 Å². The van der Waals surface area contributed by atoms with E-state index in [1.54, 1.807) is 0 Å². The summed E-state index contributed by atoms with van der Waals surface area (Å²) < 4.78 is 0.863. The smallest absolute Gasteiger partial charge is 0.230 e. The number of thioether (sulfide) groups is 1. The molecule has 3 nitrogen and oxygen atoms in total. The van der Waals surface area contributed by atoms with Gasteiger partial charge in [-0.2, -0.15) is 0 Å². The van der Waals surface area contributed by atoms with E-state index in [1.807, 2.05) is 20.8 Å². The number of thiocarbonyl (C=S) groups is 1. The fourth-order valence-electron chi connectivity index (χ4n) is 1.57. The van der Waals surface area contributed by atoms with Gasteiger partial charge in [-0.05, 0) is 33.6 Å². The molecule has 0 spiro atoms. The van der Waals surface area contributed by atoms with Crippen LogP contribution < -0.4 is 5.32 Å². The number of likely N-dealkylation sites (tertiary alicyclic amines) is 1. The maximum absolute atomic E-state index is 11.6. The summed E-state index contributed by atoms with van der Waals surface area (Å²) in [5.41, 5.74) is -0.160. The lowest BCUT2D eigenvalue weighted by atomic mass is 10.1. The molecule has 16 heavy (non-hydrogen) atoms. The van der Waals surface area contributed by atoms with Crippen molar-refractivity contribution in [3.63, 3.8) is 0 Å². The van der Waals surface area contributed by atoms with Gasteiger partial charge in [0.1, 0.15) is 4.32 Å². The van der Waals surface area contributed by atoms with Gasteiger partial charge in [-0.1, -0.05) is 24.0 Å². The van der Waals surface area contributed by atoms with Crippen molar-refractivity contribution in [1.82, 2.24) is 10.2 Å². The second-order valence-corrected chi connectivity index (χ2v) is 6.66. The molecule has 0 aromatic carbocycles. The minimum absolute atomic E-state index is 0.0547. The van der Waals surface area contributed by atoms with E-state index in [9.17, 15) is 4.79 Å². The maximum Gasteiger partial charge on any atom is 0.230 e. The lowest BCUT2D eigenvalue weighted by Crippen LogP contribution is -2.42. The predicted molar refractivity (Wildman–Crippen MR) is 73.8 cm³/mol. The van der Waals surface area contributed by atoms with E-state index < -0.39 is 0 Å². The molecule has 1 rings (SSSR count). The molecule has 0 saturated carbocycles. The normalized spacial score (nSPS) is 16.3. The van der Waals surface area contributed by atoms with Crippen molar-refractivity contribution in [2.45, 2.75) is 39.2 Å². The second-order valence-electron chi connectivity index (χ2n) is 5.05. The first-order valence-electron chi connectivity index (χ1n) is 5.61. The first-order valence-corrected chi connectivity index (χ1v) is 7.00. The summed E-state index contributed by atoms with van der Waals surface area (Å²) in [5, 5.41) is 2.93. The molecule has 0 radical (unpaired) electrons. The molecular formula is C11H20N2OS2. The van der Waals surface area contributed by atoms with Gasteiger partial charge in [0.25, 0.3) is 0 Å². The molecule has 1 aliphatic rings. The largest absolute Gasteiger partial charge is 0.358 e. The average molecular weight is 260 g/mol. The van der Waals surface area contributed by atoms with E-state index >= 15 is 0 Å². The Morgan fingerprint density at radius 3 is 2.44 bits per heavy atom. The van der Waals surface area contributed by atoms with Gasteiger partial charge in [-0.15, -0.1) is 0 Å². The molecule has 0 bridgehead atoms. The van der Waals surface area contributed by atoms with Crippen LogP contribution in [-0.2, 0) is 4.79 Å². The van der Waals surface area contributed by atoms with Crippen LogP contribution in [0.4, 0.5) is 0 Å². The average Bonchev–Trinajstić information content (AvgIpc) is 2.64. The van der Waals surface area contributed by atoms with Crippen LogP contribution in [0.1, 0.15) is 33.6 Å². The third-order valence-electron chi connectivity index (χ3n) is 2.21. The molecule has 5 heteroatoms. The number of hydrogen-bond acceptors (Lipinski definition) is 3. The molecular weight excluding hydrogens is 240 g/mol. The zero-order chi connectivity index (χ0) is 12.2. The van der Waals surface area contributed by atoms with Crippen molar-refractivity contribution in [2.24, 2.45) is 0 Å². The first-order chi connectivity index (χ1) is 7.38. The molecule has 0 unspecified atom stereocenters. The highest BCUT2D eigenvalue weighted by Crippen LogP contribution is 2.16. The minimum atomic E-state index is -0.160. The van der Waals surface area contributed by atoms with E-state index in [-0.39, 0.29) is 11.4 Å². The maximum atomic E-state index is 11.6. The summed E-state index contributed by atoms with van der Waals surface area (Å²) >= 11 is 6.75. The quantitative estimate of drug-likeness (QED) is 0.770. The summed E-state index contributed by atoms with van der Waals surface area (Å²) in [6.45, 7) is 8.04. The topological polar surface area (TPSA) is 32.3 Å². The Morgan fingerprint density at radius 2 is 1.94 bits per heavy atom. The van der Waals surface area contributed by atoms with Gasteiger partial charge in [0.15, 0.2) is 0 Å². The van der Waals surface area contributed by atoms with Crippen molar-refractivity contribution in [3.05, 3.63) is 0 Å². The Labute approximate surface area is 107 Å². The van der Waals surface area contributed by atoms with Crippen LogP contribution in [0.25, 0.3) is 0 Å². The second kappa shape index (κ2) is 5.87. The van der Waals surface area contributed by atoms with E-state index in [1.165, 1.54) is 24.6 Å². The van der Waals surface area contributed by atoms with Crippen LogP contribution in [0, 0.1) is 0 Å². The number of nitrogens with zero attached hydrogens (tertiary/aromatic N) is 1. The zero-order valence-corrected chi connectivity index (χ0v) is 11.8. The van der Waals surface area contributed by atoms with Crippen molar-refractivity contribution in [1.29, 1.82) is 0 Å². The Morgan fingerprint density at radius 1 is 1.38 bits per heavy atom. The van der Waals surface area contributed by atoms with E-state index in [0.717, 1.165) is 17.4 Å². The van der Waals surface area contributed by atoms with Crippen LogP contribution in [0.2, 0.25) is 0 Å². The molecule has 0 atom stereocenters. The van der Waals surface area contributed by atoms with E-state index in [2.05, 4.69) is 10.2 Å². The highest BCUT2D eigenvalue weighted by molar-refractivity contribution is 8.23. The van der Waals surface area contributed by atoms with Gasteiger partial charge in [-0.3, -0.25) is 4.79 Å². The monoisotopic (exact) mass is 260 g/mol. The Hall–Kier alpha value is -0.290. The number of amides is 1. The molecule has 92 valence electrons. The van der Waals surface area contributed by atoms with Gasteiger partial charge < -0.3 is 10.2 Å². The van der Waals surface area contributed by atoms with Crippen LogP contribution >= 0.6 is 24.0 Å². The third-order valence-corrected chi connectivity index (χ3v) is 3.73. The van der Waals surface area contributed by atoms with E-state index in [0.29, 0.717) is 5.75 Å². The molecule has 1 fully saturated rings. The van der Waals surface area contributed by atoms with Gasteiger partial charge in [0.05, 0.1) is 5.75 Å². The first kappa shape index (κ1) is 13.8. The highest BCUT2D eigenvalue weighted by atomic mass is 32.2. The Bertz CT molecular complexity index is 268. The fourth-order valence-corrected chi connectivity index (χ4v) is 2.62. The number of carbonyl (C=O) groups is 1. The molecule has 0 aromatic heterocycles. The number of hydrogen-bond donors (Lipinski definition) is 1. The molecule has 1 aliphatic heterocycles. The molecule has 1 amide bonds. The summed E-state index contributed by atoms with van der Waals surface area (Å²) in [6.07, 6.45) is 2.43. The standard InChI is InChI=1S/C11H20N2OS2/c1-11(2,3)12-9(14)8-16-10(15)13-6-4-5-7-13/h4-8H2,1-3H3,(H,12,14). The van der Waals surface area contributed by atoms with Crippen molar-refractivity contribution in [2.75, 3.05) is 18.8 Å². The van der Waals surface area contributed by atoms with Gasteiger partial charge in [0.2, 0.25) is 5.91 Å². The molecule has 1 N–H and O–H groups in total. The summed E-state index contributed by atoms with van der Waals surface area (Å²) in [7, 11) is 0. The zero-order valence-electron chi connectivity index (χ0n) is 10.2. The molecule has 0 aliphatic carbocycles. The minimum Gasteiger partial charge on any atom is -0.358 e. The summed E-state index contributed by atoms with van der Waals surface area (Å²) in [6, 6.07) is 0. The highest BCUT2D eigenvalue weighted by Gasteiger charge is 2.18. The Kier molecular flexibility index (Phi) is 5.05. The van der Waals surface area contributed by atoms with Gasteiger partial charge in [-0.25, -0.2) is 0 Å². The van der Waals surface area contributed by atoms with Crippen molar-refractivity contribution >= 4 is 34.2 Å². The fraction of sp³-hybridized carbons (Fsp3) is 0.818. The van der Waals surface area contributed by atoms with E-state index in [4.69, 9.17) is 12.2 Å². The predicted octanol–water partition coefficient (Wildman–Crippen LogP) is 2.01.